The van der Waals surface area contributed by atoms with E-state index in [0.717, 1.165) is 30.5 Å². The number of nitrogens with one attached hydrogen (secondary N) is 2. The van der Waals surface area contributed by atoms with Crippen LogP contribution in [0.2, 0.25) is 5.02 Å². The van der Waals surface area contributed by atoms with E-state index >= 15 is 0 Å². The largest absolute Gasteiger partial charge is 0.356 e. The molecule has 1 unspecified atom stereocenters. The zero-order valence-electron chi connectivity index (χ0n) is 13.3. The highest BCUT2D eigenvalue weighted by atomic mass is 127. The molecule has 2 N–H and O–H groups in total. The lowest BCUT2D eigenvalue weighted by molar-refractivity contribution is 0.309. The van der Waals surface area contributed by atoms with E-state index in [0.29, 0.717) is 6.04 Å². The molecule has 0 radical (unpaired) electrons. The molecule has 0 spiro atoms. The van der Waals surface area contributed by atoms with Crippen LogP contribution in [0.4, 0.5) is 0 Å². The zero-order valence-corrected chi connectivity index (χ0v) is 16.4. The van der Waals surface area contributed by atoms with Gasteiger partial charge >= 0.3 is 0 Å². The van der Waals surface area contributed by atoms with Crippen molar-refractivity contribution in [3.8, 4) is 0 Å². The highest BCUT2D eigenvalue weighted by Crippen LogP contribution is 2.13. The second kappa shape index (κ2) is 10.3. The Kier molecular flexibility index (Phi) is 9.12. The van der Waals surface area contributed by atoms with Crippen molar-refractivity contribution >= 4 is 41.5 Å². The summed E-state index contributed by atoms with van der Waals surface area (Å²) in [5, 5.41) is 7.56. The number of aliphatic imine (C=N–C) groups is 1. The van der Waals surface area contributed by atoms with Crippen molar-refractivity contribution in [3.05, 3.63) is 34.9 Å². The molecule has 1 atom stereocenters. The normalized spacial score (nSPS) is 18.9. The van der Waals surface area contributed by atoms with Gasteiger partial charge in [0.25, 0.3) is 0 Å². The number of guanidine groups is 1. The van der Waals surface area contributed by atoms with Gasteiger partial charge in [-0.2, -0.15) is 0 Å². The van der Waals surface area contributed by atoms with Gasteiger partial charge in [-0.15, -0.1) is 24.0 Å². The molecule has 1 saturated heterocycles. The molecule has 124 valence electrons. The first-order chi connectivity index (χ1) is 10.2. The van der Waals surface area contributed by atoms with Gasteiger partial charge in [0, 0.05) is 31.2 Å². The molecule has 1 aliphatic heterocycles. The average Bonchev–Trinajstić information content (AvgIpc) is 2.88. The lowest BCUT2D eigenvalue weighted by atomic mass is 10.1. The summed E-state index contributed by atoms with van der Waals surface area (Å²) in [6, 6.07) is 8.61. The average molecular weight is 437 g/mol. The van der Waals surface area contributed by atoms with E-state index in [1.165, 1.54) is 24.9 Å². The van der Waals surface area contributed by atoms with Gasteiger partial charge < -0.3 is 15.5 Å². The molecule has 1 fully saturated rings. The predicted molar refractivity (Wildman–Crippen MR) is 106 cm³/mol. The van der Waals surface area contributed by atoms with Crippen molar-refractivity contribution in [1.82, 2.24) is 15.5 Å². The Morgan fingerprint density at radius 2 is 2.23 bits per heavy atom. The number of nitrogens with zero attached hydrogens (tertiary/aromatic N) is 2. The fourth-order valence-electron chi connectivity index (χ4n) is 2.69. The second-order valence-electron chi connectivity index (χ2n) is 5.54. The van der Waals surface area contributed by atoms with Crippen molar-refractivity contribution in [1.29, 1.82) is 0 Å². The molecular weight excluding hydrogens is 411 g/mol. The van der Waals surface area contributed by atoms with E-state index in [1.54, 1.807) is 0 Å². The fourth-order valence-corrected chi connectivity index (χ4v) is 2.90. The van der Waals surface area contributed by atoms with Crippen LogP contribution < -0.4 is 10.6 Å². The Bertz CT molecular complexity index is 481. The summed E-state index contributed by atoms with van der Waals surface area (Å²) >= 11 is 5.99. The minimum Gasteiger partial charge on any atom is -0.356 e. The summed E-state index contributed by atoms with van der Waals surface area (Å²) < 4.78 is 0. The molecule has 4 nitrogen and oxygen atoms in total. The summed E-state index contributed by atoms with van der Waals surface area (Å²) in [4.78, 5) is 6.68. The highest BCUT2D eigenvalue weighted by molar-refractivity contribution is 14.0. The maximum absolute atomic E-state index is 5.99. The number of hydrogen-bond donors (Lipinski definition) is 2. The second-order valence-corrected chi connectivity index (χ2v) is 5.97. The summed E-state index contributed by atoms with van der Waals surface area (Å²) in [7, 11) is 4.00. The molecular formula is C16H26ClIN4. The number of rotatable bonds is 5. The van der Waals surface area contributed by atoms with Crippen LogP contribution in [0.15, 0.2) is 29.3 Å². The molecule has 0 aliphatic carbocycles. The smallest absolute Gasteiger partial charge is 0.191 e. The third-order valence-electron chi connectivity index (χ3n) is 4.00. The van der Waals surface area contributed by atoms with Crippen LogP contribution in [-0.4, -0.2) is 50.6 Å². The predicted octanol–water partition coefficient (Wildman–Crippen LogP) is 2.76. The van der Waals surface area contributed by atoms with Gasteiger partial charge in [-0.05, 0) is 50.6 Å². The van der Waals surface area contributed by atoms with Crippen LogP contribution >= 0.6 is 35.6 Å². The van der Waals surface area contributed by atoms with Crippen molar-refractivity contribution in [2.24, 2.45) is 4.99 Å². The monoisotopic (exact) mass is 436 g/mol. The quantitative estimate of drug-likeness (QED) is 0.424. The van der Waals surface area contributed by atoms with Gasteiger partial charge in [-0.3, -0.25) is 4.99 Å². The number of likely N-dealkylation sites (N-methyl/N-ethyl adjacent to an activating group) is 1. The first kappa shape index (κ1) is 19.5. The maximum atomic E-state index is 5.99. The third kappa shape index (κ3) is 6.30. The van der Waals surface area contributed by atoms with E-state index in [1.807, 2.05) is 25.2 Å². The molecule has 0 aromatic heterocycles. The topological polar surface area (TPSA) is 39.7 Å². The molecule has 1 heterocycles. The molecule has 22 heavy (non-hydrogen) atoms. The van der Waals surface area contributed by atoms with Crippen LogP contribution in [0.3, 0.4) is 0 Å². The lowest BCUT2D eigenvalue weighted by Gasteiger charge is -2.21. The van der Waals surface area contributed by atoms with E-state index in [4.69, 9.17) is 11.6 Å². The van der Waals surface area contributed by atoms with Gasteiger partial charge in [-0.1, -0.05) is 23.7 Å². The molecule has 6 heteroatoms. The molecule has 2 rings (SSSR count). The SMILES string of the molecule is CN=C(NCCc1cccc(Cl)c1)NCC1CCCN1C.I. The van der Waals surface area contributed by atoms with E-state index in [9.17, 15) is 0 Å². The Morgan fingerprint density at radius 1 is 1.41 bits per heavy atom. The molecule has 0 amide bonds. The van der Waals surface area contributed by atoms with Crippen LogP contribution in [0.25, 0.3) is 0 Å². The zero-order chi connectivity index (χ0) is 15.1. The summed E-state index contributed by atoms with van der Waals surface area (Å²) in [6.45, 7) is 3.00. The van der Waals surface area contributed by atoms with E-state index in [2.05, 4.69) is 33.6 Å². The highest BCUT2D eigenvalue weighted by Gasteiger charge is 2.20. The molecule has 1 aliphatic rings. The third-order valence-corrected chi connectivity index (χ3v) is 4.23. The van der Waals surface area contributed by atoms with Crippen molar-refractivity contribution in [3.63, 3.8) is 0 Å². The van der Waals surface area contributed by atoms with Gasteiger partial charge in [0.05, 0.1) is 0 Å². The lowest BCUT2D eigenvalue weighted by Crippen LogP contribution is -2.44. The number of benzene rings is 1. The minimum atomic E-state index is 0. The van der Waals surface area contributed by atoms with Gasteiger partial charge in [0.1, 0.15) is 0 Å². The molecule has 0 saturated carbocycles. The summed E-state index contributed by atoms with van der Waals surface area (Å²) in [5.74, 6) is 0.873. The van der Waals surface area contributed by atoms with E-state index in [-0.39, 0.29) is 24.0 Å². The van der Waals surface area contributed by atoms with Crippen LogP contribution in [-0.2, 0) is 6.42 Å². The molecule has 1 aromatic rings. The maximum Gasteiger partial charge on any atom is 0.191 e. The first-order valence-electron chi connectivity index (χ1n) is 7.58. The Morgan fingerprint density at radius 3 is 2.86 bits per heavy atom. The van der Waals surface area contributed by atoms with E-state index < -0.39 is 0 Å². The number of likely N-dealkylation sites (tertiary alicyclic amines) is 1. The standard InChI is InChI=1S/C16H25ClN4.HI/c1-18-16(20-12-15-7-4-10-21(15)2)19-9-8-13-5-3-6-14(17)11-13;/h3,5-6,11,15H,4,7-10,12H2,1-2H3,(H2,18,19,20);1H. The Hall–Kier alpha value is -0.530. The first-order valence-corrected chi connectivity index (χ1v) is 7.96. The Balaban J connectivity index is 0.00000242. The summed E-state index contributed by atoms with van der Waals surface area (Å²) in [6.07, 6.45) is 3.50. The Labute approximate surface area is 155 Å². The van der Waals surface area contributed by atoms with Crippen LogP contribution in [0, 0.1) is 0 Å². The van der Waals surface area contributed by atoms with Crippen molar-refractivity contribution < 1.29 is 0 Å². The number of halogens is 2. The fraction of sp³-hybridized carbons (Fsp3) is 0.562. The van der Waals surface area contributed by atoms with Crippen LogP contribution in [0.5, 0.6) is 0 Å². The molecule has 0 bridgehead atoms. The van der Waals surface area contributed by atoms with Crippen molar-refractivity contribution in [2.45, 2.75) is 25.3 Å². The van der Waals surface area contributed by atoms with Crippen LogP contribution in [0.1, 0.15) is 18.4 Å². The number of hydrogen-bond acceptors (Lipinski definition) is 2. The van der Waals surface area contributed by atoms with Gasteiger partial charge in [-0.25, -0.2) is 0 Å². The minimum absolute atomic E-state index is 0. The van der Waals surface area contributed by atoms with Crippen molar-refractivity contribution in [2.75, 3.05) is 33.7 Å². The van der Waals surface area contributed by atoms with Gasteiger partial charge in [0.2, 0.25) is 0 Å². The van der Waals surface area contributed by atoms with Gasteiger partial charge in [0.15, 0.2) is 5.96 Å². The molecule has 1 aromatic carbocycles. The summed E-state index contributed by atoms with van der Waals surface area (Å²) in [5.41, 5.74) is 1.24.